The number of benzene rings is 9. The molecule has 11 aromatic rings. The van der Waals surface area contributed by atoms with Gasteiger partial charge in [-0.2, -0.15) is 0 Å². The van der Waals surface area contributed by atoms with Gasteiger partial charge in [0.1, 0.15) is 11.2 Å². The van der Waals surface area contributed by atoms with E-state index >= 15 is 0 Å². The fourth-order valence-electron chi connectivity index (χ4n) is 9.66. The Balaban J connectivity index is 1.09. The van der Waals surface area contributed by atoms with E-state index in [1.165, 1.54) is 38.9 Å². The molecule has 0 radical (unpaired) electrons. The molecule has 4 heteroatoms. The Morgan fingerprint density at radius 1 is 0.306 bits per heavy atom. The van der Waals surface area contributed by atoms with Gasteiger partial charge in [-0.05, 0) is 73.8 Å². The highest BCUT2D eigenvalue weighted by atomic mass is 16.3. The fraction of sp³-hybridized carbons (Fsp3) is 0.0172. The van der Waals surface area contributed by atoms with E-state index in [4.69, 9.17) is 19.4 Å². The van der Waals surface area contributed by atoms with Gasteiger partial charge in [0, 0.05) is 21.9 Å². The van der Waals surface area contributed by atoms with Gasteiger partial charge in [0.05, 0.1) is 11.0 Å². The van der Waals surface area contributed by atoms with E-state index in [2.05, 4.69) is 200 Å². The first kappa shape index (κ1) is 35.7. The maximum Gasteiger partial charge on any atom is 0.167 e. The number of aromatic nitrogens is 3. The van der Waals surface area contributed by atoms with Crippen LogP contribution < -0.4 is 0 Å². The van der Waals surface area contributed by atoms with Crippen LogP contribution >= 0.6 is 0 Å². The molecule has 0 N–H and O–H groups in total. The Bertz CT molecular complexity index is 3410. The van der Waals surface area contributed by atoms with E-state index in [9.17, 15) is 0 Å². The topological polar surface area (TPSA) is 51.8 Å². The molecule has 0 spiro atoms. The molecule has 4 nitrogen and oxygen atoms in total. The van der Waals surface area contributed by atoms with Crippen LogP contribution in [0.1, 0.15) is 22.3 Å². The summed E-state index contributed by atoms with van der Waals surface area (Å²) < 4.78 is 6.59. The fourth-order valence-corrected chi connectivity index (χ4v) is 9.66. The highest BCUT2D eigenvalue weighted by Crippen LogP contribution is 2.56. The summed E-state index contributed by atoms with van der Waals surface area (Å²) in [6.45, 7) is 0. The molecule has 0 unspecified atom stereocenters. The number of furan rings is 1. The number of hydrogen-bond acceptors (Lipinski definition) is 4. The van der Waals surface area contributed by atoms with Gasteiger partial charge in [-0.15, -0.1) is 0 Å². The second-order valence-corrected chi connectivity index (χ2v) is 15.9. The molecule has 0 saturated heterocycles. The average molecular weight is 792 g/mol. The van der Waals surface area contributed by atoms with Crippen molar-refractivity contribution in [2.45, 2.75) is 5.41 Å². The zero-order valence-corrected chi connectivity index (χ0v) is 33.6. The Morgan fingerprint density at radius 3 is 1.55 bits per heavy atom. The van der Waals surface area contributed by atoms with E-state index in [1.807, 2.05) is 24.3 Å². The van der Waals surface area contributed by atoms with Crippen molar-refractivity contribution in [2.24, 2.45) is 0 Å². The van der Waals surface area contributed by atoms with Crippen LogP contribution in [-0.2, 0) is 5.41 Å². The number of fused-ring (bicyclic) bond motifs is 6. The van der Waals surface area contributed by atoms with Crippen LogP contribution in [0.15, 0.2) is 229 Å². The van der Waals surface area contributed by atoms with Crippen molar-refractivity contribution < 1.29 is 4.42 Å². The summed E-state index contributed by atoms with van der Waals surface area (Å²) in [6.07, 6.45) is 0. The number of nitrogens with zero attached hydrogens (tertiary/aromatic N) is 3. The van der Waals surface area contributed by atoms with Gasteiger partial charge in [0.15, 0.2) is 17.5 Å². The zero-order valence-electron chi connectivity index (χ0n) is 33.6. The molecule has 2 aromatic heterocycles. The van der Waals surface area contributed by atoms with E-state index < -0.39 is 5.41 Å². The maximum absolute atomic E-state index is 6.59. The van der Waals surface area contributed by atoms with Gasteiger partial charge in [-0.3, -0.25) is 0 Å². The third kappa shape index (κ3) is 5.65. The lowest BCUT2D eigenvalue weighted by Gasteiger charge is -2.34. The lowest BCUT2D eigenvalue weighted by atomic mass is 9.67. The minimum atomic E-state index is -0.568. The Labute approximate surface area is 359 Å². The Hall–Kier alpha value is -8.21. The van der Waals surface area contributed by atoms with Crippen LogP contribution in [0.3, 0.4) is 0 Å². The molecule has 0 bridgehead atoms. The summed E-state index contributed by atoms with van der Waals surface area (Å²) in [7, 11) is 0. The van der Waals surface area contributed by atoms with Crippen LogP contribution in [0.5, 0.6) is 0 Å². The minimum Gasteiger partial charge on any atom is -0.455 e. The summed E-state index contributed by atoms with van der Waals surface area (Å²) in [5, 5.41) is 2.07. The molecule has 0 aliphatic heterocycles. The first-order chi connectivity index (χ1) is 30.7. The molecule has 290 valence electrons. The number of hydrogen-bond donors (Lipinski definition) is 0. The summed E-state index contributed by atoms with van der Waals surface area (Å²) >= 11 is 0. The summed E-state index contributed by atoms with van der Waals surface area (Å²) in [6, 6.07) is 79.3. The van der Waals surface area contributed by atoms with Crippen molar-refractivity contribution in [3.05, 3.63) is 247 Å². The summed E-state index contributed by atoms with van der Waals surface area (Å²) in [5.41, 5.74) is 15.4. The molecule has 0 saturated carbocycles. The predicted octanol–water partition coefficient (Wildman–Crippen LogP) is 14.5. The second-order valence-electron chi connectivity index (χ2n) is 15.9. The molecule has 1 aliphatic carbocycles. The molecule has 0 amide bonds. The van der Waals surface area contributed by atoms with Gasteiger partial charge in [-0.1, -0.05) is 206 Å². The third-order valence-electron chi connectivity index (χ3n) is 12.5. The van der Waals surface area contributed by atoms with Gasteiger partial charge < -0.3 is 4.42 Å². The largest absolute Gasteiger partial charge is 0.455 e. The molecular weight excluding hydrogens is 755 g/mol. The van der Waals surface area contributed by atoms with Gasteiger partial charge in [0.2, 0.25) is 0 Å². The smallest absolute Gasteiger partial charge is 0.167 e. The molecule has 0 fully saturated rings. The standard InChI is InChI=1S/C58H37N3O/c1-4-17-38(18-5-1)39-31-33-40(34-32-39)44-23-10-11-26-49(44)56-59-55(60-57(61-56)50-28-16-27-48-47-25-13-15-30-53(47)62-54(48)50)41-35-36-46-45-24-12-14-29-51(45)58(52(46)37-41,42-19-6-2-7-20-42)43-21-8-3-9-22-43/h1-37H. The van der Waals surface area contributed by atoms with Crippen LogP contribution in [0.25, 0.3) is 89.5 Å². The van der Waals surface area contributed by atoms with Crippen molar-refractivity contribution in [2.75, 3.05) is 0 Å². The number of para-hydroxylation sites is 2. The molecule has 9 aromatic carbocycles. The van der Waals surface area contributed by atoms with Crippen molar-refractivity contribution in [1.29, 1.82) is 0 Å². The molecular formula is C58H37N3O. The zero-order chi connectivity index (χ0) is 41.0. The van der Waals surface area contributed by atoms with Crippen LogP contribution in [0.4, 0.5) is 0 Å². The molecule has 1 aliphatic rings. The monoisotopic (exact) mass is 791 g/mol. The van der Waals surface area contributed by atoms with E-state index in [-0.39, 0.29) is 0 Å². The normalized spacial score (nSPS) is 12.6. The quantitative estimate of drug-likeness (QED) is 0.161. The van der Waals surface area contributed by atoms with Gasteiger partial charge >= 0.3 is 0 Å². The second kappa shape index (κ2) is 14.5. The molecule has 62 heavy (non-hydrogen) atoms. The summed E-state index contributed by atoms with van der Waals surface area (Å²) in [5.74, 6) is 1.72. The summed E-state index contributed by atoms with van der Waals surface area (Å²) in [4.78, 5) is 16.1. The van der Waals surface area contributed by atoms with E-state index in [0.29, 0.717) is 17.5 Å². The molecule has 12 rings (SSSR count). The molecule has 0 atom stereocenters. The van der Waals surface area contributed by atoms with Crippen molar-refractivity contribution in [3.8, 4) is 67.5 Å². The van der Waals surface area contributed by atoms with E-state index in [1.54, 1.807) is 0 Å². The van der Waals surface area contributed by atoms with Gasteiger partial charge in [0.25, 0.3) is 0 Å². The Morgan fingerprint density at radius 2 is 0.806 bits per heavy atom. The Kier molecular flexibility index (Phi) is 8.36. The van der Waals surface area contributed by atoms with Crippen molar-refractivity contribution in [1.82, 2.24) is 15.0 Å². The first-order valence-corrected chi connectivity index (χ1v) is 21.0. The highest BCUT2D eigenvalue weighted by molar-refractivity contribution is 6.09. The van der Waals surface area contributed by atoms with Crippen molar-refractivity contribution >= 4 is 21.9 Å². The maximum atomic E-state index is 6.59. The van der Waals surface area contributed by atoms with Crippen LogP contribution in [0, 0.1) is 0 Å². The predicted molar refractivity (Wildman–Crippen MR) is 252 cm³/mol. The lowest BCUT2D eigenvalue weighted by molar-refractivity contribution is 0.669. The van der Waals surface area contributed by atoms with Crippen LogP contribution in [-0.4, -0.2) is 15.0 Å². The minimum absolute atomic E-state index is 0.546. The first-order valence-electron chi connectivity index (χ1n) is 21.0. The SMILES string of the molecule is c1ccc(-c2ccc(-c3ccccc3-c3nc(-c4ccc5c(c4)C(c4ccccc4)(c4ccccc4)c4ccccc4-5)nc(-c4cccc5c4oc4ccccc45)n3)cc2)cc1. The highest BCUT2D eigenvalue weighted by Gasteiger charge is 2.46. The number of rotatable bonds is 7. The van der Waals surface area contributed by atoms with Gasteiger partial charge in [-0.25, -0.2) is 15.0 Å². The van der Waals surface area contributed by atoms with E-state index in [0.717, 1.165) is 55.3 Å². The third-order valence-corrected chi connectivity index (χ3v) is 12.5. The average Bonchev–Trinajstić information content (AvgIpc) is 3.89. The molecule has 2 heterocycles. The van der Waals surface area contributed by atoms with Crippen molar-refractivity contribution in [3.63, 3.8) is 0 Å². The lowest BCUT2D eigenvalue weighted by Crippen LogP contribution is -2.28. The van der Waals surface area contributed by atoms with Crippen LogP contribution in [0.2, 0.25) is 0 Å².